The molecule has 0 radical (unpaired) electrons. The lowest BCUT2D eigenvalue weighted by molar-refractivity contribution is -0.141. The van der Waals surface area contributed by atoms with Crippen molar-refractivity contribution in [1.29, 1.82) is 0 Å². The first-order valence-corrected chi connectivity index (χ1v) is 8.71. The molecule has 2 aliphatic heterocycles. The number of nitrogens with one attached hydrogen (secondary N) is 2. The molecule has 2 saturated heterocycles. The molecule has 1 aromatic rings. The third-order valence-corrected chi connectivity index (χ3v) is 4.99. The minimum Gasteiger partial charge on any atom is -0.330 e. The SMILES string of the molecule is CCN1C(=O)C2C(c3cccc(Br)c3)NC(=O)NC2N(CC)C1=O. The van der Waals surface area contributed by atoms with Crippen LogP contribution in [0.1, 0.15) is 25.5 Å². The van der Waals surface area contributed by atoms with Crippen molar-refractivity contribution in [2.45, 2.75) is 26.1 Å². The normalized spacial score (nSPS) is 26.8. The largest absolute Gasteiger partial charge is 0.330 e. The van der Waals surface area contributed by atoms with Gasteiger partial charge < -0.3 is 15.5 Å². The summed E-state index contributed by atoms with van der Waals surface area (Å²) in [6, 6.07) is 6.25. The Balaban J connectivity index is 2.06. The first-order chi connectivity index (χ1) is 11.5. The van der Waals surface area contributed by atoms with Gasteiger partial charge in [0.2, 0.25) is 5.91 Å². The first kappa shape index (κ1) is 16.8. The number of fused-ring (bicyclic) bond motifs is 1. The molecule has 2 fully saturated rings. The van der Waals surface area contributed by atoms with Gasteiger partial charge >= 0.3 is 12.1 Å². The number of benzene rings is 1. The first-order valence-electron chi connectivity index (χ1n) is 7.92. The fraction of sp³-hybridized carbons (Fsp3) is 0.438. The fourth-order valence-electron chi connectivity index (χ4n) is 3.39. The van der Waals surface area contributed by atoms with Crippen LogP contribution in [0, 0.1) is 5.92 Å². The van der Waals surface area contributed by atoms with Crippen LogP contribution in [0.4, 0.5) is 9.59 Å². The van der Waals surface area contributed by atoms with E-state index >= 15 is 0 Å². The molecule has 0 spiro atoms. The van der Waals surface area contributed by atoms with Crippen molar-refractivity contribution in [3.63, 3.8) is 0 Å². The summed E-state index contributed by atoms with van der Waals surface area (Å²) in [6.45, 7) is 4.32. The zero-order valence-corrected chi connectivity index (χ0v) is 15.0. The molecular formula is C16H19BrN4O3. The van der Waals surface area contributed by atoms with Crippen LogP contribution in [0.5, 0.6) is 0 Å². The second-order valence-electron chi connectivity index (χ2n) is 5.77. The van der Waals surface area contributed by atoms with Crippen LogP contribution in [0.15, 0.2) is 28.7 Å². The molecule has 1 aromatic carbocycles. The molecule has 3 atom stereocenters. The van der Waals surface area contributed by atoms with E-state index in [9.17, 15) is 14.4 Å². The standard InChI is InChI=1S/C16H19BrN4O3/c1-3-20-13-11(14(22)21(4-2)16(20)24)12(18-15(23)19-13)9-6-5-7-10(17)8-9/h5-8,11-13H,3-4H2,1-2H3,(H2,18,19,23). The third-order valence-electron chi connectivity index (χ3n) is 4.49. The zero-order valence-electron chi connectivity index (χ0n) is 13.5. The summed E-state index contributed by atoms with van der Waals surface area (Å²) in [4.78, 5) is 40.3. The smallest absolute Gasteiger partial charge is 0.328 e. The van der Waals surface area contributed by atoms with Gasteiger partial charge in [0, 0.05) is 17.6 Å². The predicted molar refractivity (Wildman–Crippen MR) is 91.0 cm³/mol. The third kappa shape index (κ3) is 2.64. The van der Waals surface area contributed by atoms with Crippen LogP contribution in [-0.2, 0) is 4.79 Å². The van der Waals surface area contributed by atoms with Crippen molar-refractivity contribution in [3.8, 4) is 0 Å². The topological polar surface area (TPSA) is 81.8 Å². The van der Waals surface area contributed by atoms with Crippen LogP contribution < -0.4 is 10.6 Å². The molecule has 0 bridgehead atoms. The maximum Gasteiger partial charge on any atom is 0.328 e. The summed E-state index contributed by atoms with van der Waals surface area (Å²) >= 11 is 3.42. The van der Waals surface area contributed by atoms with Gasteiger partial charge in [0.1, 0.15) is 12.1 Å². The Morgan fingerprint density at radius 3 is 2.50 bits per heavy atom. The molecule has 2 heterocycles. The van der Waals surface area contributed by atoms with Crippen molar-refractivity contribution in [1.82, 2.24) is 20.4 Å². The van der Waals surface area contributed by atoms with Crippen LogP contribution >= 0.6 is 15.9 Å². The molecule has 0 aliphatic carbocycles. The summed E-state index contributed by atoms with van der Waals surface area (Å²) in [6.07, 6.45) is -0.643. The van der Waals surface area contributed by atoms with Crippen molar-refractivity contribution < 1.29 is 14.4 Å². The van der Waals surface area contributed by atoms with Gasteiger partial charge in [-0.1, -0.05) is 28.1 Å². The van der Waals surface area contributed by atoms with Gasteiger partial charge in [0.05, 0.1) is 6.04 Å². The van der Waals surface area contributed by atoms with Crippen molar-refractivity contribution in [3.05, 3.63) is 34.3 Å². The molecule has 3 unspecified atom stereocenters. The molecule has 7 nitrogen and oxygen atoms in total. The van der Waals surface area contributed by atoms with Gasteiger partial charge in [-0.25, -0.2) is 9.59 Å². The van der Waals surface area contributed by atoms with Crippen molar-refractivity contribution in [2.24, 2.45) is 5.92 Å². The van der Waals surface area contributed by atoms with Crippen LogP contribution in [0.25, 0.3) is 0 Å². The number of halogens is 1. The van der Waals surface area contributed by atoms with E-state index in [-0.39, 0.29) is 18.0 Å². The Labute approximate surface area is 148 Å². The number of imide groups is 1. The van der Waals surface area contributed by atoms with E-state index in [0.717, 1.165) is 10.0 Å². The number of hydrogen-bond acceptors (Lipinski definition) is 3. The number of urea groups is 2. The highest BCUT2D eigenvalue weighted by molar-refractivity contribution is 9.10. The van der Waals surface area contributed by atoms with Gasteiger partial charge in [-0.05, 0) is 31.5 Å². The lowest BCUT2D eigenvalue weighted by Gasteiger charge is -2.49. The Hall–Kier alpha value is -2.09. The van der Waals surface area contributed by atoms with Gasteiger partial charge in [-0.3, -0.25) is 9.69 Å². The second-order valence-corrected chi connectivity index (χ2v) is 6.69. The van der Waals surface area contributed by atoms with E-state index in [2.05, 4.69) is 26.6 Å². The second kappa shape index (κ2) is 6.43. The van der Waals surface area contributed by atoms with Crippen LogP contribution in [-0.4, -0.2) is 47.0 Å². The Morgan fingerprint density at radius 2 is 1.88 bits per heavy atom. The monoisotopic (exact) mass is 394 g/mol. The van der Waals surface area contributed by atoms with Crippen molar-refractivity contribution >= 4 is 33.9 Å². The summed E-state index contributed by atoms with van der Waals surface area (Å²) in [5, 5.41) is 5.57. The molecule has 5 amide bonds. The van der Waals surface area contributed by atoms with Crippen LogP contribution in [0.2, 0.25) is 0 Å². The molecule has 24 heavy (non-hydrogen) atoms. The average Bonchev–Trinajstić information content (AvgIpc) is 2.55. The lowest BCUT2D eigenvalue weighted by atomic mass is 9.85. The number of nitrogens with zero attached hydrogens (tertiary/aromatic N) is 2. The molecule has 0 saturated carbocycles. The molecule has 2 N–H and O–H groups in total. The van der Waals surface area contributed by atoms with Gasteiger partial charge in [0.15, 0.2) is 0 Å². The Morgan fingerprint density at radius 1 is 1.12 bits per heavy atom. The van der Waals surface area contributed by atoms with Crippen molar-refractivity contribution in [2.75, 3.05) is 13.1 Å². The maximum atomic E-state index is 12.9. The number of carbonyl (C=O) groups is 3. The summed E-state index contributed by atoms with van der Waals surface area (Å²) in [5.74, 6) is -0.843. The minimum atomic E-state index is -0.643. The highest BCUT2D eigenvalue weighted by Gasteiger charge is 2.52. The van der Waals surface area contributed by atoms with E-state index in [1.165, 1.54) is 4.90 Å². The van der Waals surface area contributed by atoms with Gasteiger partial charge in [-0.15, -0.1) is 0 Å². The van der Waals surface area contributed by atoms with Gasteiger partial charge in [-0.2, -0.15) is 0 Å². The summed E-state index contributed by atoms with van der Waals surface area (Å²) < 4.78 is 0.864. The minimum absolute atomic E-state index is 0.269. The number of amides is 5. The molecular weight excluding hydrogens is 376 g/mol. The molecule has 128 valence electrons. The average molecular weight is 395 g/mol. The Kier molecular flexibility index (Phi) is 4.49. The number of rotatable bonds is 3. The molecule has 3 rings (SSSR count). The van der Waals surface area contributed by atoms with E-state index < -0.39 is 18.1 Å². The van der Waals surface area contributed by atoms with E-state index in [0.29, 0.717) is 13.1 Å². The highest BCUT2D eigenvalue weighted by atomic mass is 79.9. The fourth-order valence-corrected chi connectivity index (χ4v) is 3.81. The van der Waals surface area contributed by atoms with Crippen LogP contribution in [0.3, 0.4) is 0 Å². The summed E-state index contributed by atoms with van der Waals surface area (Å²) in [7, 11) is 0. The van der Waals surface area contributed by atoms with E-state index in [4.69, 9.17) is 0 Å². The number of carbonyl (C=O) groups excluding carboxylic acids is 3. The highest BCUT2D eigenvalue weighted by Crippen LogP contribution is 2.35. The predicted octanol–water partition coefficient (Wildman–Crippen LogP) is 2.05. The lowest BCUT2D eigenvalue weighted by Crippen LogP contribution is -2.72. The summed E-state index contributed by atoms with van der Waals surface area (Å²) in [5.41, 5.74) is 0.823. The maximum absolute atomic E-state index is 12.9. The molecule has 8 heteroatoms. The van der Waals surface area contributed by atoms with Gasteiger partial charge in [0.25, 0.3) is 0 Å². The zero-order chi connectivity index (χ0) is 17.4. The number of hydrogen-bond donors (Lipinski definition) is 2. The quantitative estimate of drug-likeness (QED) is 0.822. The molecule has 0 aromatic heterocycles. The van der Waals surface area contributed by atoms with E-state index in [1.807, 2.05) is 31.2 Å². The molecule has 2 aliphatic rings. The Bertz CT molecular complexity index is 696. The van der Waals surface area contributed by atoms with E-state index in [1.54, 1.807) is 11.8 Å².